The van der Waals surface area contributed by atoms with Crippen LogP contribution in [0.2, 0.25) is 5.02 Å². The van der Waals surface area contributed by atoms with Crippen molar-refractivity contribution >= 4 is 35.0 Å². The number of hydrogen-bond acceptors (Lipinski definition) is 2. The van der Waals surface area contributed by atoms with E-state index in [-0.39, 0.29) is 0 Å². The lowest BCUT2D eigenvalue weighted by molar-refractivity contribution is 0.356. The van der Waals surface area contributed by atoms with Crippen LogP contribution in [0.5, 0.6) is 0 Å². The maximum atomic E-state index is 5.94. The van der Waals surface area contributed by atoms with Gasteiger partial charge in [-0.1, -0.05) is 30.9 Å². The Bertz CT molecular complexity index is 595. The van der Waals surface area contributed by atoms with Gasteiger partial charge in [-0.25, -0.2) is 4.98 Å². The number of imidazole rings is 1. The number of pyridine rings is 1. The first kappa shape index (κ1) is 11.2. The highest BCUT2D eigenvalue weighted by Gasteiger charge is 2.19. The molecule has 17 heavy (non-hydrogen) atoms. The molecule has 0 aliphatic heterocycles. The Balaban J connectivity index is 2.14. The van der Waals surface area contributed by atoms with Gasteiger partial charge in [-0.3, -0.25) is 4.57 Å². The molecule has 0 atom stereocenters. The van der Waals surface area contributed by atoms with E-state index in [0.29, 0.717) is 11.1 Å². The van der Waals surface area contributed by atoms with Gasteiger partial charge in [0.25, 0.3) is 0 Å². The van der Waals surface area contributed by atoms with Gasteiger partial charge < -0.3 is 4.98 Å². The smallest absolute Gasteiger partial charge is 0.179 e. The summed E-state index contributed by atoms with van der Waals surface area (Å²) in [6, 6.07) is 2.39. The number of H-pyrrole nitrogens is 1. The minimum atomic E-state index is 0.499. The molecule has 1 aliphatic carbocycles. The maximum absolute atomic E-state index is 5.94. The molecule has 3 rings (SSSR count). The molecule has 1 aliphatic rings. The van der Waals surface area contributed by atoms with Crippen LogP contribution >= 0.6 is 23.8 Å². The summed E-state index contributed by atoms with van der Waals surface area (Å²) in [7, 11) is 0. The zero-order valence-corrected chi connectivity index (χ0v) is 11.0. The Morgan fingerprint density at radius 3 is 2.88 bits per heavy atom. The number of aromatic amines is 1. The van der Waals surface area contributed by atoms with Crippen LogP contribution in [-0.4, -0.2) is 14.5 Å². The van der Waals surface area contributed by atoms with Crippen molar-refractivity contribution in [1.82, 2.24) is 14.5 Å². The van der Waals surface area contributed by atoms with Gasteiger partial charge in [0.2, 0.25) is 0 Å². The molecule has 3 nitrogen and oxygen atoms in total. The number of hydrogen-bond donors (Lipinski definition) is 1. The topological polar surface area (TPSA) is 33.6 Å². The van der Waals surface area contributed by atoms with Crippen molar-refractivity contribution in [2.45, 2.75) is 38.1 Å². The fourth-order valence-electron chi connectivity index (χ4n) is 2.67. The van der Waals surface area contributed by atoms with Crippen LogP contribution < -0.4 is 0 Å². The molecular weight excluding hydrogens is 254 g/mol. The summed E-state index contributed by atoms with van der Waals surface area (Å²) in [4.78, 5) is 7.61. The van der Waals surface area contributed by atoms with E-state index in [4.69, 9.17) is 23.8 Å². The molecule has 2 aromatic heterocycles. The summed E-state index contributed by atoms with van der Waals surface area (Å²) in [5, 5.41) is 0.643. The molecule has 0 saturated heterocycles. The Hall–Kier alpha value is -0.870. The van der Waals surface area contributed by atoms with E-state index in [1.54, 1.807) is 6.20 Å². The second-order valence-electron chi connectivity index (χ2n) is 4.62. The van der Waals surface area contributed by atoms with Crippen molar-refractivity contribution in [3.63, 3.8) is 0 Å². The Morgan fingerprint density at radius 2 is 2.12 bits per heavy atom. The van der Waals surface area contributed by atoms with Crippen molar-refractivity contribution in [3.8, 4) is 0 Å². The molecule has 90 valence electrons. The van der Waals surface area contributed by atoms with Crippen LogP contribution in [0.1, 0.15) is 38.1 Å². The van der Waals surface area contributed by atoms with E-state index in [0.717, 1.165) is 15.9 Å². The standard InChI is InChI=1S/C12H14ClN3S/c13-8-6-10-11(14-7-8)16(12(17)15-10)9-4-2-1-3-5-9/h6-7,9H,1-5H2,(H,15,17). The minimum absolute atomic E-state index is 0.499. The van der Waals surface area contributed by atoms with Crippen molar-refractivity contribution in [2.75, 3.05) is 0 Å². The van der Waals surface area contributed by atoms with E-state index in [1.165, 1.54) is 32.1 Å². The quantitative estimate of drug-likeness (QED) is 0.784. The third kappa shape index (κ3) is 2.00. The average molecular weight is 268 g/mol. The SMILES string of the molecule is S=c1[nH]c2cc(Cl)cnc2n1C1CCCCC1. The fourth-order valence-corrected chi connectivity index (χ4v) is 3.17. The molecule has 0 bridgehead atoms. The zero-order chi connectivity index (χ0) is 11.8. The second kappa shape index (κ2) is 4.42. The first-order chi connectivity index (χ1) is 8.25. The number of fused-ring (bicyclic) bond motifs is 1. The van der Waals surface area contributed by atoms with Gasteiger partial charge in [-0.05, 0) is 31.1 Å². The summed E-state index contributed by atoms with van der Waals surface area (Å²) in [5.74, 6) is 0. The number of nitrogens with zero attached hydrogens (tertiary/aromatic N) is 2. The number of rotatable bonds is 1. The second-order valence-corrected chi connectivity index (χ2v) is 5.44. The lowest BCUT2D eigenvalue weighted by atomic mass is 9.95. The molecule has 0 amide bonds. The first-order valence-corrected chi connectivity index (χ1v) is 6.80. The van der Waals surface area contributed by atoms with E-state index in [2.05, 4.69) is 14.5 Å². The van der Waals surface area contributed by atoms with Gasteiger partial charge in [0, 0.05) is 12.2 Å². The molecule has 5 heteroatoms. The minimum Gasteiger partial charge on any atom is -0.329 e. The predicted octanol–water partition coefficient (Wildman–Crippen LogP) is 4.25. The summed E-state index contributed by atoms with van der Waals surface area (Å²) >= 11 is 11.3. The maximum Gasteiger partial charge on any atom is 0.179 e. The predicted molar refractivity (Wildman–Crippen MR) is 72.0 cm³/mol. The van der Waals surface area contributed by atoms with E-state index in [9.17, 15) is 0 Å². The van der Waals surface area contributed by atoms with Crippen LogP contribution in [0.4, 0.5) is 0 Å². The van der Waals surface area contributed by atoms with Gasteiger partial charge in [0.05, 0.1) is 10.5 Å². The highest BCUT2D eigenvalue weighted by molar-refractivity contribution is 7.71. The molecule has 0 spiro atoms. The molecule has 0 unspecified atom stereocenters. The number of halogens is 1. The van der Waals surface area contributed by atoms with Gasteiger partial charge in [0.15, 0.2) is 10.4 Å². The van der Waals surface area contributed by atoms with Crippen LogP contribution in [-0.2, 0) is 0 Å². The Labute approximate surface area is 110 Å². The highest BCUT2D eigenvalue weighted by Crippen LogP contribution is 2.31. The summed E-state index contributed by atoms with van der Waals surface area (Å²) < 4.78 is 2.93. The van der Waals surface area contributed by atoms with E-state index in [1.807, 2.05) is 6.07 Å². The fraction of sp³-hybridized carbons (Fsp3) is 0.500. The summed E-state index contributed by atoms with van der Waals surface area (Å²) in [6.45, 7) is 0. The average Bonchev–Trinajstić information content (AvgIpc) is 2.65. The van der Waals surface area contributed by atoms with Gasteiger partial charge in [-0.15, -0.1) is 0 Å². The first-order valence-electron chi connectivity index (χ1n) is 6.01. The van der Waals surface area contributed by atoms with Crippen LogP contribution in [0.15, 0.2) is 12.3 Å². The molecule has 0 radical (unpaired) electrons. The van der Waals surface area contributed by atoms with Crippen LogP contribution in [0.25, 0.3) is 11.2 Å². The van der Waals surface area contributed by atoms with E-state index < -0.39 is 0 Å². The van der Waals surface area contributed by atoms with Crippen LogP contribution in [0, 0.1) is 4.77 Å². The Kier molecular flexibility index (Phi) is 2.92. The zero-order valence-electron chi connectivity index (χ0n) is 9.45. The van der Waals surface area contributed by atoms with Gasteiger partial charge in [0.1, 0.15) is 0 Å². The molecule has 1 fully saturated rings. The number of nitrogens with one attached hydrogen (secondary N) is 1. The largest absolute Gasteiger partial charge is 0.329 e. The van der Waals surface area contributed by atoms with Gasteiger partial charge >= 0.3 is 0 Å². The molecule has 1 N–H and O–H groups in total. The van der Waals surface area contributed by atoms with Crippen molar-refractivity contribution in [3.05, 3.63) is 22.1 Å². The van der Waals surface area contributed by atoms with Crippen molar-refractivity contribution < 1.29 is 0 Å². The number of aromatic nitrogens is 3. The normalized spacial score (nSPS) is 17.7. The molecule has 0 aromatic carbocycles. The third-order valence-electron chi connectivity index (χ3n) is 3.46. The lowest BCUT2D eigenvalue weighted by Crippen LogP contribution is -2.13. The molecule has 2 heterocycles. The monoisotopic (exact) mass is 267 g/mol. The van der Waals surface area contributed by atoms with Crippen LogP contribution in [0.3, 0.4) is 0 Å². The van der Waals surface area contributed by atoms with Crippen molar-refractivity contribution in [2.24, 2.45) is 0 Å². The lowest BCUT2D eigenvalue weighted by Gasteiger charge is -2.23. The van der Waals surface area contributed by atoms with Crippen molar-refractivity contribution in [1.29, 1.82) is 0 Å². The van der Waals surface area contributed by atoms with Gasteiger partial charge in [-0.2, -0.15) is 0 Å². The van der Waals surface area contributed by atoms with E-state index >= 15 is 0 Å². The molecule has 1 saturated carbocycles. The third-order valence-corrected chi connectivity index (χ3v) is 3.97. The summed E-state index contributed by atoms with van der Waals surface area (Å²) in [6.07, 6.45) is 7.99. The Morgan fingerprint density at radius 1 is 1.35 bits per heavy atom. The summed E-state index contributed by atoms with van der Waals surface area (Å²) in [5.41, 5.74) is 1.87. The highest BCUT2D eigenvalue weighted by atomic mass is 35.5. The molecule has 2 aromatic rings. The molecular formula is C12H14ClN3S.